The molecule has 7 nitrogen and oxygen atoms in total. The van der Waals surface area contributed by atoms with Crippen molar-refractivity contribution in [3.8, 4) is 5.75 Å². The number of hydrogen-bond donors (Lipinski definition) is 2. The Morgan fingerprint density at radius 1 is 1.30 bits per heavy atom. The van der Waals surface area contributed by atoms with Crippen LogP contribution in [0.2, 0.25) is 0 Å². The molecule has 0 spiro atoms. The van der Waals surface area contributed by atoms with Gasteiger partial charge >= 0.3 is 0 Å². The van der Waals surface area contributed by atoms with Crippen LogP contribution in [0.4, 0.5) is 4.39 Å². The summed E-state index contributed by atoms with van der Waals surface area (Å²) >= 11 is 0. The quantitative estimate of drug-likeness (QED) is 0.321. The Balaban J connectivity index is 0.00000364. The largest absolute Gasteiger partial charge is 0.489 e. The van der Waals surface area contributed by atoms with E-state index in [1.807, 2.05) is 25.3 Å². The van der Waals surface area contributed by atoms with Gasteiger partial charge in [0.25, 0.3) is 0 Å². The van der Waals surface area contributed by atoms with Crippen molar-refractivity contribution in [3.05, 3.63) is 42.2 Å². The van der Waals surface area contributed by atoms with Gasteiger partial charge in [0.1, 0.15) is 30.5 Å². The van der Waals surface area contributed by atoms with E-state index >= 15 is 0 Å². The van der Waals surface area contributed by atoms with Crippen LogP contribution in [0.1, 0.15) is 33.0 Å². The topological polar surface area (TPSA) is 76.4 Å². The van der Waals surface area contributed by atoms with Crippen molar-refractivity contribution in [2.45, 2.75) is 46.4 Å². The molecule has 0 radical (unpaired) electrons. The average molecular weight is 490 g/mol. The minimum atomic E-state index is -0.305. The lowest BCUT2D eigenvalue weighted by molar-refractivity contribution is 0.198. The fourth-order valence-corrected chi connectivity index (χ4v) is 2.37. The molecule has 9 heteroatoms. The Morgan fingerprint density at radius 2 is 2.11 bits per heavy atom. The molecule has 0 saturated carbocycles. The van der Waals surface area contributed by atoms with Gasteiger partial charge in [0.15, 0.2) is 11.8 Å². The highest BCUT2D eigenvalue weighted by molar-refractivity contribution is 14.0. The van der Waals surface area contributed by atoms with Gasteiger partial charge in [-0.1, -0.05) is 13.0 Å². The minimum absolute atomic E-state index is 0. The average Bonchev–Trinajstić information content (AvgIpc) is 3.10. The standard InChI is InChI=1S/C18H27FN6O.HI/c1-4-15(26-16-9-7-8-14(19)10-16)11-21-18(20-5-2)22-12-17-24-23-13-25(17)6-3;/h7-10,13,15H,4-6,11-12H2,1-3H3,(H2,20,21,22);1H. The van der Waals surface area contributed by atoms with Gasteiger partial charge in [-0.25, -0.2) is 9.38 Å². The molecule has 1 unspecified atom stereocenters. The number of nitrogens with zero attached hydrogens (tertiary/aromatic N) is 4. The van der Waals surface area contributed by atoms with Crippen LogP contribution in [-0.4, -0.2) is 39.9 Å². The number of aryl methyl sites for hydroxylation is 1. The Labute approximate surface area is 176 Å². The summed E-state index contributed by atoms with van der Waals surface area (Å²) in [7, 11) is 0. The maximum Gasteiger partial charge on any atom is 0.191 e. The molecule has 0 aliphatic rings. The smallest absolute Gasteiger partial charge is 0.191 e. The normalized spacial score (nSPS) is 12.2. The molecule has 0 saturated heterocycles. The zero-order valence-electron chi connectivity index (χ0n) is 16.0. The summed E-state index contributed by atoms with van der Waals surface area (Å²) in [6.07, 6.45) is 2.39. The molecule has 1 atom stereocenters. The predicted molar refractivity (Wildman–Crippen MR) is 115 cm³/mol. The van der Waals surface area contributed by atoms with Gasteiger partial charge < -0.3 is 19.9 Å². The lowest BCUT2D eigenvalue weighted by Gasteiger charge is -2.20. The minimum Gasteiger partial charge on any atom is -0.489 e. The van der Waals surface area contributed by atoms with Gasteiger partial charge in [-0.05, 0) is 32.4 Å². The van der Waals surface area contributed by atoms with E-state index in [2.05, 4.69) is 25.8 Å². The van der Waals surface area contributed by atoms with E-state index in [4.69, 9.17) is 4.74 Å². The summed E-state index contributed by atoms with van der Waals surface area (Å²) in [5.41, 5.74) is 0. The third-order valence-electron chi connectivity index (χ3n) is 3.81. The molecule has 1 aromatic heterocycles. The summed E-state index contributed by atoms with van der Waals surface area (Å²) < 4.78 is 21.1. The molecule has 0 aliphatic carbocycles. The second-order valence-corrected chi connectivity index (χ2v) is 5.71. The molecule has 0 bridgehead atoms. The van der Waals surface area contributed by atoms with Gasteiger partial charge in [-0.3, -0.25) is 0 Å². The number of ether oxygens (including phenoxy) is 1. The van der Waals surface area contributed by atoms with Crippen molar-refractivity contribution >= 4 is 29.9 Å². The summed E-state index contributed by atoms with van der Waals surface area (Å²) in [4.78, 5) is 4.55. The van der Waals surface area contributed by atoms with E-state index in [-0.39, 0.29) is 35.9 Å². The SMILES string of the molecule is CCNC(=NCc1nncn1CC)NCC(CC)Oc1cccc(F)c1.I. The second kappa shape index (κ2) is 12.5. The number of rotatable bonds is 9. The third kappa shape index (κ3) is 7.69. The molecule has 27 heavy (non-hydrogen) atoms. The van der Waals surface area contributed by atoms with Gasteiger partial charge in [0, 0.05) is 19.2 Å². The van der Waals surface area contributed by atoms with Crippen molar-refractivity contribution in [1.29, 1.82) is 0 Å². The lowest BCUT2D eigenvalue weighted by atomic mass is 10.2. The number of nitrogens with one attached hydrogen (secondary N) is 2. The molecule has 150 valence electrons. The molecule has 1 aromatic carbocycles. The van der Waals surface area contributed by atoms with Crippen LogP contribution in [-0.2, 0) is 13.1 Å². The van der Waals surface area contributed by atoms with Crippen molar-refractivity contribution in [3.63, 3.8) is 0 Å². The van der Waals surface area contributed by atoms with Crippen LogP contribution < -0.4 is 15.4 Å². The third-order valence-corrected chi connectivity index (χ3v) is 3.81. The summed E-state index contributed by atoms with van der Waals surface area (Å²) in [5.74, 6) is 1.71. The Bertz CT molecular complexity index is 709. The molecule has 1 heterocycles. The van der Waals surface area contributed by atoms with Crippen LogP contribution in [0.25, 0.3) is 0 Å². The molecular formula is C18H28FIN6O. The number of guanidine groups is 1. The first kappa shape index (κ1) is 23.1. The summed E-state index contributed by atoms with van der Waals surface area (Å²) in [6, 6.07) is 6.18. The number of hydrogen-bond acceptors (Lipinski definition) is 4. The highest BCUT2D eigenvalue weighted by Gasteiger charge is 2.10. The van der Waals surface area contributed by atoms with Gasteiger partial charge in [0.2, 0.25) is 0 Å². The highest BCUT2D eigenvalue weighted by Crippen LogP contribution is 2.14. The molecule has 0 fully saturated rings. The summed E-state index contributed by atoms with van der Waals surface area (Å²) in [6.45, 7) is 8.61. The second-order valence-electron chi connectivity index (χ2n) is 5.71. The van der Waals surface area contributed by atoms with E-state index in [0.29, 0.717) is 24.8 Å². The fourth-order valence-electron chi connectivity index (χ4n) is 2.37. The molecule has 2 aromatic rings. The van der Waals surface area contributed by atoms with Crippen LogP contribution in [0, 0.1) is 5.82 Å². The maximum absolute atomic E-state index is 13.3. The van der Waals surface area contributed by atoms with E-state index < -0.39 is 0 Å². The molecule has 2 rings (SSSR count). The van der Waals surface area contributed by atoms with Crippen molar-refractivity contribution in [2.75, 3.05) is 13.1 Å². The van der Waals surface area contributed by atoms with Crippen molar-refractivity contribution in [1.82, 2.24) is 25.4 Å². The van der Waals surface area contributed by atoms with Crippen molar-refractivity contribution < 1.29 is 9.13 Å². The van der Waals surface area contributed by atoms with E-state index in [1.165, 1.54) is 12.1 Å². The van der Waals surface area contributed by atoms with E-state index in [0.717, 1.165) is 25.3 Å². The number of aliphatic imine (C=N–C) groups is 1. The number of halogens is 2. The fraction of sp³-hybridized carbons (Fsp3) is 0.500. The predicted octanol–water partition coefficient (Wildman–Crippen LogP) is 2.97. The molecule has 0 amide bonds. The Morgan fingerprint density at radius 3 is 2.78 bits per heavy atom. The van der Waals surface area contributed by atoms with E-state index in [9.17, 15) is 4.39 Å². The molecule has 0 aliphatic heterocycles. The van der Waals surface area contributed by atoms with Gasteiger partial charge in [-0.15, -0.1) is 34.2 Å². The Kier molecular flexibility index (Phi) is 10.7. The van der Waals surface area contributed by atoms with Gasteiger partial charge in [0.05, 0.1) is 6.54 Å². The first-order valence-corrected chi connectivity index (χ1v) is 8.97. The van der Waals surface area contributed by atoms with Crippen molar-refractivity contribution in [2.24, 2.45) is 4.99 Å². The molecular weight excluding hydrogens is 462 g/mol. The van der Waals surface area contributed by atoms with E-state index in [1.54, 1.807) is 18.5 Å². The first-order valence-electron chi connectivity index (χ1n) is 8.97. The Hall–Kier alpha value is -1.91. The number of benzene rings is 1. The molecule has 2 N–H and O–H groups in total. The summed E-state index contributed by atoms with van der Waals surface area (Å²) in [5, 5.41) is 14.5. The number of aromatic nitrogens is 3. The highest BCUT2D eigenvalue weighted by atomic mass is 127. The maximum atomic E-state index is 13.3. The van der Waals surface area contributed by atoms with Gasteiger partial charge in [-0.2, -0.15) is 0 Å². The first-order chi connectivity index (χ1) is 12.7. The van der Waals surface area contributed by atoms with Crippen LogP contribution in [0.5, 0.6) is 5.75 Å². The monoisotopic (exact) mass is 490 g/mol. The van der Waals surface area contributed by atoms with Crippen LogP contribution in [0.3, 0.4) is 0 Å². The zero-order valence-corrected chi connectivity index (χ0v) is 18.3. The van der Waals surface area contributed by atoms with Crippen LogP contribution >= 0.6 is 24.0 Å². The zero-order chi connectivity index (χ0) is 18.8. The lowest BCUT2D eigenvalue weighted by Crippen LogP contribution is -2.42. The van der Waals surface area contributed by atoms with Crippen LogP contribution in [0.15, 0.2) is 35.6 Å².